The summed E-state index contributed by atoms with van der Waals surface area (Å²) < 4.78 is 1.85. The lowest BCUT2D eigenvalue weighted by Gasteiger charge is -2.10. The SMILES string of the molecule is CC(=O)c1c(C)[nH]c(C(=O)[C@H](C)Sc2nnc(-c3ccc(Cl)cc3)n2C)c1C. The molecular formula is C20H21ClN4O2S. The van der Waals surface area contributed by atoms with Crippen LogP contribution in [-0.4, -0.2) is 36.6 Å². The second-order valence-corrected chi connectivity index (χ2v) is 8.42. The normalized spacial score (nSPS) is 12.2. The van der Waals surface area contributed by atoms with Crippen molar-refractivity contribution in [3.63, 3.8) is 0 Å². The van der Waals surface area contributed by atoms with Crippen molar-refractivity contribution in [1.29, 1.82) is 0 Å². The van der Waals surface area contributed by atoms with Gasteiger partial charge in [0, 0.05) is 28.9 Å². The van der Waals surface area contributed by atoms with Crippen LogP contribution in [0.4, 0.5) is 0 Å². The molecule has 0 aliphatic heterocycles. The Balaban J connectivity index is 1.83. The summed E-state index contributed by atoms with van der Waals surface area (Å²) in [6.45, 7) is 6.94. The van der Waals surface area contributed by atoms with Crippen molar-refractivity contribution in [3.05, 3.63) is 51.8 Å². The number of carbonyl (C=O) groups excluding carboxylic acids is 2. The summed E-state index contributed by atoms with van der Waals surface area (Å²) >= 11 is 7.28. The predicted octanol–water partition coefficient (Wildman–Crippen LogP) is 4.65. The average Bonchev–Trinajstić information content (AvgIpc) is 3.14. The van der Waals surface area contributed by atoms with Gasteiger partial charge in [-0.05, 0) is 57.5 Å². The van der Waals surface area contributed by atoms with Crippen LogP contribution in [0.2, 0.25) is 5.02 Å². The number of ketones is 2. The molecule has 1 atom stereocenters. The van der Waals surface area contributed by atoms with Crippen molar-refractivity contribution < 1.29 is 9.59 Å². The van der Waals surface area contributed by atoms with Crippen molar-refractivity contribution in [2.75, 3.05) is 0 Å². The summed E-state index contributed by atoms with van der Waals surface area (Å²) in [5, 5.41) is 9.38. The van der Waals surface area contributed by atoms with Crippen LogP contribution >= 0.6 is 23.4 Å². The molecule has 146 valence electrons. The lowest BCUT2D eigenvalue weighted by atomic mass is 10.0. The van der Waals surface area contributed by atoms with Gasteiger partial charge in [-0.3, -0.25) is 9.59 Å². The van der Waals surface area contributed by atoms with Gasteiger partial charge in [0.15, 0.2) is 22.5 Å². The van der Waals surface area contributed by atoms with E-state index in [9.17, 15) is 9.59 Å². The molecule has 0 radical (unpaired) electrons. The van der Waals surface area contributed by atoms with E-state index in [-0.39, 0.29) is 11.6 Å². The van der Waals surface area contributed by atoms with Gasteiger partial charge < -0.3 is 9.55 Å². The average molecular weight is 417 g/mol. The molecule has 3 rings (SSSR count). The second-order valence-electron chi connectivity index (χ2n) is 6.68. The Morgan fingerprint density at radius 3 is 2.39 bits per heavy atom. The maximum atomic E-state index is 12.9. The van der Waals surface area contributed by atoms with E-state index in [1.54, 1.807) is 26.0 Å². The zero-order valence-corrected chi connectivity index (χ0v) is 17.9. The first kappa shape index (κ1) is 20.4. The lowest BCUT2D eigenvalue weighted by molar-refractivity contribution is 0.0988. The number of rotatable bonds is 6. The van der Waals surface area contributed by atoms with E-state index in [1.807, 2.05) is 30.7 Å². The molecule has 0 fully saturated rings. The first-order chi connectivity index (χ1) is 13.2. The third kappa shape index (κ3) is 3.77. The molecule has 3 aromatic rings. The van der Waals surface area contributed by atoms with E-state index in [2.05, 4.69) is 15.2 Å². The van der Waals surface area contributed by atoms with Crippen molar-refractivity contribution in [3.8, 4) is 11.4 Å². The van der Waals surface area contributed by atoms with E-state index in [0.717, 1.165) is 5.56 Å². The van der Waals surface area contributed by atoms with Crippen LogP contribution in [0.15, 0.2) is 29.4 Å². The maximum absolute atomic E-state index is 12.9. The van der Waals surface area contributed by atoms with E-state index >= 15 is 0 Å². The van der Waals surface area contributed by atoms with Crippen molar-refractivity contribution >= 4 is 34.9 Å². The van der Waals surface area contributed by atoms with Crippen molar-refractivity contribution in [1.82, 2.24) is 19.7 Å². The molecule has 0 spiro atoms. The van der Waals surface area contributed by atoms with E-state index < -0.39 is 5.25 Å². The Labute approximate surface area is 172 Å². The topological polar surface area (TPSA) is 80.6 Å². The minimum absolute atomic E-state index is 0.0495. The number of H-pyrrole nitrogens is 1. The highest BCUT2D eigenvalue weighted by molar-refractivity contribution is 8.00. The molecule has 0 unspecified atom stereocenters. The maximum Gasteiger partial charge on any atom is 0.192 e. The predicted molar refractivity (Wildman–Crippen MR) is 111 cm³/mol. The number of nitrogens with one attached hydrogen (secondary N) is 1. The van der Waals surface area contributed by atoms with Gasteiger partial charge in [0.1, 0.15) is 0 Å². The van der Waals surface area contributed by atoms with Crippen LogP contribution in [0.25, 0.3) is 11.4 Å². The summed E-state index contributed by atoms with van der Waals surface area (Å²) in [5.41, 5.74) is 3.37. The zero-order chi connectivity index (χ0) is 20.6. The Kier molecular flexibility index (Phi) is 5.76. The fourth-order valence-electron chi connectivity index (χ4n) is 3.21. The third-order valence-corrected chi connectivity index (χ3v) is 6.01. The van der Waals surface area contributed by atoms with E-state index in [1.165, 1.54) is 18.7 Å². The molecule has 2 heterocycles. The Morgan fingerprint density at radius 2 is 1.82 bits per heavy atom. The first-order valence-corrected chi connectivity index (χ1v) is 10.0. The number of aromatic amines is 1. The number of Topliss-reactive ketones (excluding diaryl/α,β-unsaturated/α-hetero) is 2. The van der Waals surface area contributed by atoms with E-state index in [4.69, 9.17) is 11.6 Å². The minimum Gasteiger partial charge on any atom is -0.355 e. The molecule has 1 N–H and O–H groups in total. The molecule has 0 saturated heterocycles. The molecule has 8 heteroatoms. The molecular weight excluding hydrogens is 396 g/mol. The number of hydrogen-bond acceptors (Lipinski definition) is 5. The number of halogens is 1. The highest BCUT2D eigenvalue weighted by Crippen LogP contribution is 2.29. The summed E-state index contributed by atoms with van der Waals surface area (Å²) in [6.07, 6.45) is 0. The fraction of sp³-hybridized carbons (Fsp3) is 0.300. The molecule has 2 aromatic heterocycles. The number of benzene rings is 1. The molecule has 0 bridgehead atoms. The summed E-state index contributed by atoms with van der Waals surface area (Å²) in [4.78, 5) is 27.8. The number of thioether (sulfide) groups is 1. The number of aryl methyl sites for hydroxylation is 1. The lowest BCUT2D eigenvalue weighted by Crippen LogP contribution is -2.16. The monoisotopic (exact) mass is 416 g/mol. The smallest absolute Gasteiger partial charge is 0.192 e. The van der Waals surface area contributed by atoms with Crippen molar-refractivity contribution in [2.24, 2.45) is 7.05 Å². The number of aromatic nitrogens is 4. The highest BCUT2D eigenvalue weighted by atomic mass is 35.5. The van der Waals surface area contributed by atoms with Crippen LogP contribution in [0.1, 0.15) is 46.0 Å². The third-order valence-electron chi connectivity index (χ3n) is 4.62. The van der Waals surface area contributed by atoms with Crippen LogP contribution in [0, 0.1) is 13.8 Å². The molecule has 1 aromatic carbocycles. The van der Waals surface area contributed by atoms with Gasteiger partial charge in [-0.15, -0.1) is 10.2 Å². The Morgan fingerprint density at radius 1 is 1.18 bits per heavy atom. The zero-order valence-electron chi connectivity index (χ0n) is 16.3. The summed E-state index contributed by atoms with van der Waals surface area (Å²) in [7, 11) is 1.86. The minimum atomic E-state index is -0.391. The van der Waals surface area contributed by atoms with Gasteiger partial charge in [-0.2, -0.15) is 0 Å². The quantitative estimate of drug-likeness (QED) is 0.467. The van der Waals surface area contributed by atoms with Gasteiger partial charge in [-0.1, -0.05) is 23.4 Å². The Hall–Kier alpha value is -2.38. The van der Waals surface area contributed by atoms with Crippen LogP contribution in [0.5, 0.6) is 0 Å². The molecule has 0 aliphatic carbocycles. The van der Waals surface area contributed by atoms with E-state index in [0.29, 0.717) is 38.5 Å². The standard InChI is InChI=1S/C20H21ClN4O2S/c1-10-16(12(3)26)11(2)22-17(10)18(27)13(4)28-20-24-23-19(25(20)5)14-6-8-15(21)9-7-14/h6-9,13,22H,1-5H3/t13-/m0/s1. The molecule has 0 aliphatic rings. The summed E-state index contributed by atoms with van der Waals surface area (Å²) in [6, 6.07) is 7.36. The van der Waals surface area contributed by atoms with Gasteiger partial charge in [0.25, 0.3) is 0 Å². The van der Waals surface area contributed by atoms with Gasteiger partial charge in [-0.25, -0.2) is 0 Å². The largest absolute Gasteiger partial charge is 0.355 e. The summed E-state index contributed by atoms with van der Waals surface area (Å²) in [5.74, 6) is 0.574. The molecule has 6 nitrogen and oxygen atoms in total. The van der Waals surface area contributed by atoms with Crippen molar-refractivity contribution in [2.45, 2.75) is 38.1 Å². The molecule has 0 saturated carbocycles. The number of nitrogens with zero attached hydrogens (tertiary/aromatic N) is 3. The first-order valence-electron chi connectivity index (χ1n) is 8.77. The Bertz CT molecular complexity index is 1050. The number of carbonyl (C=O) groups is 2. The second kappa shape index (κ2) is 7.93. The van der Waals surface area contributed by atoms with Crippen LogP contribution in [-0.2, 0) is 7.05 Å². The molecule has 0 amide bonds. The number of hydrogen-bond donors (Lipinski definition) is 1. The van der Waals surface area contributed by atoms with Gasteiger partial charge in [0.2, 0.25) is 0 Å². The van der Waals surface area contributed by atoms with Crippen LogP contribution < -0.4 is 0 Å². The fourth-order valence-corrected chi connectivity index (χ4v) is 4.21. The molecule has 28 heavy (non-hydrogen) atoms. The van der Waals surface area contributed by atoms with Gasteiger partial charge >= 0.3 is 0 Å². The van der Waals surface area contributed by atoms with Gasteiger partial charge in [0.05, 0.1) is 10.9 Å². The van der Waals surface area contributed by atoms with Crippen LogP contribution in [0.3, 0.4) is 0 Å². The highest BCUT2D eigenvalue weighted by Gasteiger charge is 2.26.